The van der Waals surface area contributed by atoms with Crippen LogP contribution in [0.5, 0.6) is 0 Å². The fraction of sp³-hybridized carbons (Fsp3) is 0.923. The highest BCUT2D eigenvalue weighted by Gasteiger charge is 2.43. The third-order valence-corrected chi connectivity index (χ3v) is 6.75. The van der Waals surface area contributed by atoms with Crippen LogP contribution in [-0.2, 0) is 19.1 Å². The highest BCUT2D eigenvalue weighted by molar-refractivity contribution is 5.82. The van der Waals surface area contributed by atoms with Crippen LogP contribution in [0.1, 0.15) is 108 Å². The Morgan fingerprint density at radius 3 is 1.44 bits per heavy atom. The van der Waals surface area contributed by atoms with Crippen LogP contribution >= 0.6 is 0 Å². The molecule has 0 aromatic carbocycles. The van der Waals surface area contributed by atoms with Gasteiger partial charge in [0.15, 0.2) is 0 Å². The van der Waals surface area contributed by atoms with Crippen molar-refractivity contribution in [1.82, 2.24) is 10.6 Å². The molecule has 6 heteroatoms. The van der Waals surface area contributed by atoms with E-state index in [1.54, 1.807) is 0 Å². The number of hydrogen-bond donors (Lipinski definition) is 2. The normalized spacial score (nSPS) is 26.7. The molecule has 2 rings (SSSR count). The van der Waals surface area contributed by atoms with Crippen LogP contribution in [0.2, 0.25) is 0 Å². The molecule has 186 valence electrons. The van der Waals surface area contributed by atoms with Crippen molar-refractivity contribution in [2.75, 3.05) is 0 Å². The predicted molar refractivity (Wildman–Crippen MR) is 128 cm³/mol. The number of hydrogen-bond acceptors (Lipinski definition) is 6. The molecule has 0 amide bonds. The van der Waals surface area contributed by atoms with Gasteiger partial charge in [0, 0.05) is 47.8 Å². The Hall–Kier alpha value is -1.14. The summed E-state index contributed by atoms with van der Waals surface area (Å²) in [6, 6.07) is 0. The number of rotatable bonds is 7. The van der Waals surface area contributed by atoms with Crippen molar-refractivity contribution in [1.29, 1.82) is 0 Å². The molecule has 0 aromatic heterocycles. The molecule has 0 saturated carbocycles. The van der Waals surface area contributed by atoms with E-state index in [-0.39, 0.29) is 46.3 Å². The summed E-state index contributed by atoms with van der Waals surface area (Å²) in [5.41, 5.74) is -0.420. The molecule has 32 heavy (non-hydrogen) atoms. The van der Waals surface area contributed by atoms with Crippen molar-refractivity contribution < 1.29 is 19.1 Å². The van der Waals surface area contributed by atoms with Crippen LogP contribution in [-0.4, -0.2) is 46.3 Å². The fourth-order valence-corrected chi connectivity index (χ4v) is 6.19. The van der Waals surface area contributed by atoms with Crippen LogP contribution in [0.15, 0.2) is 0 Å². The summed E-state index contributed by atoms with van der Waals surface area (Å²) in [6.07, 6.45) is 4.18. The van der Waals surface area contributed by atoms with Gasteiger partial charge in [-0.25, -0.2) is 0 Å². The zero-order valence-electron chi connectivity index (χ0n) is 22.2. The van der Waals surface area contributed by atoms with Crippen LogP contribution in [0, 0.1) is 11.8 Å². The van der Waals surface area contributed by atoms with E-state index >= 15 is 0 Å². The van der Waals surface area contributed by atoms with Gasteiger partial charge in [-0.2, -0.15) is 0 Å². The van der Waals surface area contributed by atoms with Crippen molar-refractivity contribution in [3.8, 4) is 0 Å². The van der Waals surface area contributed by atoms with Crippen LogP contribution in [0.4, 0.5) is 0 Å². The van der Waals surface area contributed by atoms with E-state index in [0.29, 0.717) is 6.42 Å². The smallest absolute Gasteiger partial charge is 0.310 e. The molecule has 2 aliphatic rings. The van der Waals surface area contributed by atoms with E-state index in [4.69, 9.17) is 9.47 Å². The summed E-state index contributed by atoms with van der Waals surface area (Å²) in [6.45, 7) is 21.0. The van der Waals surface area contributed by atoms with Gasteiger partial charge in [0.05, 0.1) is 11.8 Å². The fourth-order valence-electron chi connectivity index (χ4n) is 6.19. The van der Waals surface area contributed by atoms with Crippen molar-refractivity contribution in [3.05, 3.63) is 0 Å². The highest BCUT2D eigenvalue weighted by Crippen LogP contribution is 2.34. The number of esters is 2. The summed E-state index contributed by atoms with van der Waals surface area (Å²) in [5.74, 6) is -1.55. The van der Waals surface area contributed by atoms with E-state index in [1.807, 2.05) is 13.8 Å². The second-order valence-corrected chi connectivity index (χ2v) is 12.9. The minimum Gasteiger partial charge on any atom is -0.462 e. The average Bonchev–Trinajstić information content (AvgIpc) is 2.52. The minimum atomic E-state index is -0.522. The highest BCUT2D eigenvalue weighted by atomic mass is 16.6. The zero-order valence-corrected chi connectivity index (χ0v) is 22.2. The second-order valence-electron chi connectivity index (χ2n) is 12.9. The van der Waals surface area contributed by atoms with E-state index in [0.717, 1.165) is 32.1 Å². The molecule has 0 aromatic rings. The van der Waals surface area contributed by atoms with Crippen LogP contribution < -0.4 is 10.6 Å². The quantitative estimate of drug-likeness (QED) is 0.543. The third kappa shape index (κ3) is 7.72. The Kier molecular flexibility index (Phi) is 8.14. The van der Waals surface area contributed by atoms with E-state index in [1.165, 1.54) is 0 Å². The first-order valence-electron chi connectivity index (χ1n) is 12.4. The van der Waals surface area contributed by atoms with Gasteiger partial charge in [-0.15, -0.1) is 0 Å². The minimum absolute atomic E-state index is 0.105. The number of ether oxygens (including phenoxy) is 2. The molecule has 0 radical (unpaired) electrons. The Bertz CT molecular complexity index is 651. The summed E-state index contributed by atoms with van der Waals surface area (Å²) < 4.78 is 12.0. The molecule has 2 fully saturated rings. The Labute approximate surface area is 196 Å². The van der Waals surface area contributed by atoms with E-state index in [2.05, 4.69) is 66.0 Å². The molecule has 2 aliphatic heterocycles. The molecular weight excluding hydrogens is 404 g/mol. The van der Waals surface area contributed by atoms with Gasteiger partial charge in [-0.05, 0) is 61.8 Å². The first-order chi connectivity index (χ1) is 14.4. The van der Waals surface area contributed by atoms with Gasteiger partial charge in [0.25, 0.3) is 0 Å². The number of carbonyl (C=O) groups excluding carboxylic acids is 2. The summed E-state index contributed by atoms with van der Waals surface area (Å²) in [7, 11) is 0. The second kappa shape index (κ2) is 9.61. The SMILES string of the molecule is CCCC(C(=O)OC1CC(C)(C)NC(C)(C)C1)C(C)C(=O)OC1CC(C)(C)NC(C)(C)C1. The van der Waals surface area contributed by atoms with E-state index in [9.17, 15) is 9.59 Å². The molecule has 2 N–H and O–H groups in total. The average molecular weight is 453 g/mol. The Morgan fingerprint density at radius 2 is 1.09 bits per heavy atom. The molecule has 0 bridgehead atoms. The summed E-state index contributed by atoms with van der Waals surface area (Å²) in [5, 5.41) is 7.23. The van der Waals surface area contributed by atoms with Crippen LogP contribution in [0.3, 0.4) is 0 Å². The van der Waals surface area contributed by atoms with Crippen molar-refractivity contribution >= 4 is 11.9 Å². The lowest BCUT2D eigenvalue weighted by molar-refractivity contribution is -0.170. The predicted octanol–water partition coefficient (Wildman–Crippen LogP) is 4.74. The molecule has 0 spiro atoms. The van der Waals surface area contributed by atoms with Gasteiger partial charge in [-0.1, -0.05) is 20.3 Å². The molecule has 6 nitrogen and oxygen atoms in total. The van der Waals surface area contributed by atoms with Gasteiger partial charge >= 0.3 is 11.9 Å². The lowest BCUT2D eigenvalue weighted by Crippen LogP contribution is -2.60. The maximum absolute atomic E-state index is 13.2. The molecule has 0 aliphatic carbocycles. The van der Waals surface area contributed by atoms with Gasteiger partial charge in [-0.3, -0.25) is 9.59 Å². The number of piperidine rings is 2. The maximum Gasteiger partial charge on any atom is 0.310 e. The van der Waals surface area contributed by atoms with E-state index < -0.39 is 11.8 Å². The van der Waals surface area contributed by atoms with Gasteiger partial charge < -0.3 is 20.1 Å². The number of nitrogens with one attached hydrogen (secondary N) is 2. The number of carbonyl (C=O) groups is 2. The first kappa shape index (κ1) is 27.1. The summed E-state index contributed by atoms with van der Waals surface area (Å²) >= 11 is 0. The largest absolute Gasteiger partial charge is 0.462 e. The maximum atomic E-state index is 13.2. The topological polar surface area (TPSA) is 76.7 Å². The molecule has 2 atom stereocenters. The third-order valence-electron chi connectivity index (χ3n) is 6.75. The molecule has 2 saturated heterocycles. The zero-order chi connectivity index (χ0) is 24.5. The van der Waals surface area contributed by atoms with Crippen molar-refractivity contribution in [3.63, 3.8) is 0 Å². The molecular formula is C26H48N2O4. The standard InChI is InChI=1S/C26H48N2O4/c1-11-12-20(22(30)32-19-15-25(7,8)28-26(9,10)16-19)17(2)21(29)31-18-13-23(3,4)27-24(5,6)14-18/h17-20,27-28H,11-16H2,1-10H3. The lowest BCUT2D eigenvalue weighted by atomic mass is 9.80. The lowest BCUT2D eigenvalue weighted by Gasteiger charge is -2.46. The van der Waals surface area contributed by atoms with Gasteiger partial charge in [0.2, 0.25) is 0 Å². The molecule has 2 heterocycles. The van der Waals surface area contributed by atoms with Crippen molar-refractivity contribution in [2.24, 2.45) is 11.8 Å². The first-order valence-corrected chi connectivity index (χ1v) is 12.4. The molecule has 2 unspecified atom stereocenters. The van der Waals surface area contributed by atoms with Crippen LogP contribution in [0.25, 0.3) is 0 Å². The Balaban J connectivity index is 2.05. The Morgan fingerprint density at radius 1 is 0.750 bits per heavy atom. The summed E-state index contributed by atoms with van der Waals surface area (Å²) in [4.78, 5) is 26.3. The van der Waals surface area contributed by atoms with Gasteiger partial charge in [0.1, 0.15) is 12.2 Å². The van der Waals surface area contributed by atoms with Crippen molar-refractivity contribution in [2.45, 2.75) is 142 Å². The monoisotopic (exact) mass is 452 g/mol.